The quantitative estimate of drug-likeness (QED) is 0.329. The lowest BCUT2D eigenvalue weighted by molar-refractivity contribution is -0.140. The minimum absolute atomic E-state index is 0. The van der Waals surface area contributed by atoms with Crippen molar-refractivity contribution in [1.82, 2.24) is 15.6 Å². The van der Waals surface area contributed by atoms with Crippen LogP contribution < -0.4 is 10.6 Å². The average molecular weight is 424 g/mol. The molecule has 0 spiro atoms. The maximum absolute atomic E-state index is 12.3. The van der Waals surface area contributed by atoms with Crippen LogP contribution in [0.1, 0.15) is 10.7 Å². The number of alkyl halides is 3. The summed E-state index contributed by atoms with van der Waals surface area (Å²) in [4.78, 5) is 7.43. The van der Waals surface area contributed by atoms with Gasteiger partial charge in [-0.3, -0.25) is 4.99 Å². The number of nitrogens with one attached hydrogen (secondary N) is 2. The van der Waals surface area contributed by atoms with Crippen molar-refractivity contribution in [3.05, 3.63) is 16.1 Å². The van der Waals surface area contributed by atoms with Crippen molar-refractivity contribution in [1.29, 1.82) is 0 Å². The Kier molecular flexibility index (Phi) is 9.05. The third-order valence-electron chi connectivity index (χ3n) is 2.07. The van der Waals surface area contributed by atoms with Crippen LogP contribution in [0.2, 0.25) is 0 Å². The van der Waals surface area contributed by atoms with Crippen molar-refractivity contribution in [2.24, 2.45) is 4.99 Å². The number of hydrogen-bond donors (Lipinski definition) is 2. The number of halogens is 4. The zero-order valence-corrected chi connectivity index (χ0v) is 14.1. The fourth-order valence-electron chi connectivity index (χ4n) is 1.17. The molecule has 1 aromatic rings. The number of guanidine groups is 1. The Morgan fingerprint density at radius 3 is 2.65 bits per heavy atom. The van der Waals surface area contributed by atoms with E-state index in [-0.39, 0.29) is 30.5 Å². The van der Waals surface area contributed by atoms with Gasteiger partial charge < -0.3 is 15.4 Å². The van der Waals surface area contributed by atoms with Gasteiger partial charge in [-0.2, -0.15) is 13.2 Å². The van der Waals surface area contributed by atoms with Crippen molar-refractivity contribution < 1.29 is 17.9 Å². The molecule has 10 heteroatoms. The van der Waals surface area contributed by atoms with E-state index in [1.165, 1.54) is 0 Å². The van der Waals surface area contributed by atoms with Crippen LogP contribution in [0.5, 0.6) is 0 Å². The Labute approximate surface area is 136 Å². The lowest BCUT2D eigenvalue weighted by atomic mass is 10.5. The molecule has 5 nitrogen and oxygen atoms in total. The van der Waals surface area contributed by atoms with E-state index in [4.69, 9.17) is 4.74 Å². The zero-order valence-electron chi connectivity index (χ0n) is 11.0. The highest BCUT2D eigenvalue weighted by Crippen LogP contribution is 2.29. The standard InChI is InChI=1S/C10H15F3N4OS.HI/c1-14-9(15-3-4-18-2)16-5-8-17-7(6-19-8)10(11,12)13;/h6H,3-5H2,1-2H3,(H2,14,15,16);1H. The number of hydrogen-bond acceptors (Lipinski definition) is 4. The van der Waals surface area contributed by atoms with Gasteiger partial charge in [0.15, 0.2) is 11.7 Å². The SMILES string of the molecule is CN=C(NCCOC)NCc1nc(C(F)(F)F)cs1.I. The topological polar surface area (TPSA) is 58.5 Å². The second-order valence-electron chi connectivity index (χ2n) is 3.47. The molecule has 0 aliphatic carbocycles. The summed E-state index contributed by atoms with van der Waals surface area (Å²) in [6, 6.07) is 0. The van der Waals surface area contributed by atoms with Gasteiger partial charge in [-0.1, -0.05) is 0 Å². The van der Waals surface area contributed by atoms with Crippen LogP contribution in [0.4, 0.5) is 13.2 Å². The molecular formula is C10H16F3IN4OS. The summed E-state index contributed by atoms with van der Waals surface area (Å²) in [6.07, 6.45) is -4.40. The smallest absolute Gasteiger partial charge is 0.383 e. The zero-order chi connectivity index (χ0) is 14.3. The molecule has 0 unspecified atom stereocenters. The van der Waals surface area contributed by atoms with E-state index in [0.717, 1.165) is 16.7 Å². The molecule has 1 aromatic heterocycles. The molecular weight excluding hydrogens is 408 g/mol. The molecule has 0 saturated carbocycles. The molecule has 20 heavy (non-hydrogen) atoms. The molecule has 1 rings (SSSR count). The number of rotatable bonds is 5. The minimum atomic E-state index is -4.40. The predicted molar refractivity (Wildman–Crippen MR) is 82.6 cm³/mol. The van der Waals surface area contributed by atoms with Crippen molar-refractivity contribution in [2.75, 3.05) is 27.3 Å². The molecule has 0 amide bonds. The van der Waals surface area contributed by atoms with Gasteiger partial charge in [-0.25, -0.2) is 4.98 Å². The summed E-state index contributed by atoms with van der Waals surface area (Å²) in [7, 11) is 3.15. The Morgan fingerprint density at radius 1 is 1.45 bits per heavy atom. The van der Waals surface area contributed by atoms with Crippen molar-refractivity contribution in [2.45, 2.75) is 12.7 Å². The molecule has 0 aliphatic heterocycles. The summed E-state index contributed by atoms with van der Waals surface area (Å²) >= 11 is 0.956. The van der Waals surface area contributed by atoms with Gasteiger partial charge in [0.25, 0.3) is 0 Å². The second-order valence-corrected chi connectivity index (χ2v) is 4.41. The Balaban J connectivity index is 0.00000361. The summed E-state index contributed by atoms with van der Waals surface area (Å²) in [6.45, 7) is 1.26. The first-order valence-electron chi connectivity index (χ1n) is 5.42. The third-order valence-corrected chi connectivity index (χ3v) is 2.92. The van der Waals surface area contributed by atoms with Gasteiger partial charge in [0, 0.05) is 26.1 Å². The van der Waals surface area contributed by atoms with Gasteiger partial charge in [0.05, 0.1) is 13.2 Å². The van der Waals surface area contributed by atoms with Crippen molar-refractivity contribution in [3.8, 4) is 0 Å². The first kappa shape index (κ1) is 19.4. The van der Waals surface area contributed by atoms with Crippen molar-refractivity contribution in [3.63, 3.8) is 0 Å². The fraction of sp³-hybridized carbons (Fsp3) is 0.600. The largest absolute Gasteiger partial charge is 0.434 e. The number of thiazole rings is 1. The Hall–Kier alpha value is -0.620. The molecule has 2 N–H and O–H groups in total. The Bertz CT molecular complexity index is 425. The number of nitrogens with zero attached hydrogens (tertiary/aromatic N) is 2. The minimum Gasteiger partial charge on any atom is -0.383 e. The van der Waals surface area contributed by atoms with Crippen LogP contribution in [0.15, 0.2) is 10.4 Å². The average Bonchev–Trinajstić information content (AvgIpc) is 2.82. The molecule has 0 aromatic carbocycles. The highest BCUT2D eigenvalue weighted by atomic mass is 127. The van der Waals surface area contributed by atoms with Crippen LogP contribution in [0.25, 0.3) is 0 Å². The molecule has 0 fully saturated rings. The van der Waals surface area contributed by atoms with Crippen LogP contribution in [0.3, 0.4) is 0 Å². The normalized spacial score (nSPS) is 11.9. The van der Waals surface area contributed by atoms with Gasteiger partial charge in [-0.15, -0.1) is 35.3 Å². The van der Waals surface area contributed by atoms with E-state index in [9.17, 15) is 13.2 Å². The predicted octanol–water partition coefficient (Wildman–Crippen LogP) is 2.09. The highest BCUT2D eigenvalue weighted by Gasteiger charge is 2.33. The maximum Gasteiger partial charge on any atom is 0.434 e. The molecule has 0 bridgehead atoms. The van der Waals surface area contributed by atoms with E-state index < -0.39 is 11.9 Å². The van der Waals surface area contributed by atoms with E-state index in [0.29, 0.717) is 24.1 Å². The molecule has 0 aliphatic rings. The summed E-state index contributed by atoms with van der Waals surface area (Å²) in [5.41, 5.74) is -0.864. The maximum atomic E-state index is 12.3. The van der Waals surface area contributed by atoms with E-state index in [1.54, 1.807) is 14.2 Å². The first-order valence-corrected chi connectivity index (χ1v) is 6.30. The van der Waals surface area contributed by atoms with Gasteiger partial charge >= 0.3 is 6.18 Å². The lowest BCUT2D eigenvalue weighted by Gasteiger charge is -2.10. The molecule has 1 heterocycles. The number of aliphatic imine (C=N–C) groups is 1. The number of ether oxygens (including phenoxy) is 1. The summed E-state index contributed by atoms with van der Waals surface area (Å²) in [5, 5.41) is 7.17. The Morgan fingerprint density at radius 2 is 2.15 bits per heavy atom. The first-order chi connectivity index (χ1) is 8.97. The fourth-order valence-corrected chi connectivity index (χ4v) is 1.91. The van der Waals surface area contributed by atoms with Crippen LogP contribution >= 0.6 is 35.3 Å². The monoisotopic (exact) mass is 424 g/mol. The second kappa shape index (κ2) is 9.34. The van der Waals surface area contributed by atoms with Crippen molar-refractivity contribution >= 4 is 41.3 Å². The third kappa shape index (κ3) is 6.70. The summed E-state index contributed by atoms with van der Waals surface area (Å²) < 4.78 is 41.9. The van der Waals surface area contributed by atoms with E-state index in [1.807, 2.05) is 0 Å². The van der Waals surface area contributed by atoms with E-state index in [2.05, 4.69) is 20.6 Å². The lowest BCUT2D eigenvalue weighted by Crippen LogP contribution is -2.38. The van der Waals surface area contributed by atoms with Crippen LogP contribution in [-0.4, -0.2) is 38.3 Å². The van der Waals surface area contributed by atoms with Crippen LogP contribution in [0, 0.1) is 0 Å². The van der Waals surface area contributed by atoms with Gasteiger partial charge in [0.2, 0.25) is 0 Å². The molecule has 0 radical (unpaired) electrons. The van der Waals surface area contributed by atoms with Crippen LogP contribution in [-0.2, 0) is 17.5 Å². The summed E-state index contributed by atoms with van der Waals surface area (Å²) in [5.74, 6) is 0.487. The molecule has 0 atom stereocenters. The highest BCUT2D eigenvalue weighted by molar-refractivity contribution is 14.0. The van der Waals surface area contributed by atoms with E-state index >= 15 is 0 Å². The molecule has 0 saturated heterocycles. The number of methoxy groups -OCH3 is 1. The molecule has 116 valence electrons. The number of aromatic nitrogens is 1. The van der Waals surface area contributed by atoms with Gasteiger partial charge in [-0.05, 0) is 0 Å². The van der Waals surface area contributed by atoms with Gasteiger partial charge in [0.1, 0.15) is 5.01 Å².